The van der Waals surface area contributed by atoms with Gasteiger partial charge in [0.1, 0.15) is 5.01 Å². The average Bonchev–Trinajstić information content (AvgIpc) is 3.08. The molecule has 150 valence electrons. The van der Waals surface area contributed by atoms with E-state index in [1.807, 2.05) is 20.8 Å². The molecule has 0 radical (unpaired) electrons. The van der Waals surface area contributed by atoms with Gasteiger partial charge in [-0.25, -0.2) is 14.6 Å². The number of carbonyl (C=O) groups is 2. The van der Waals surface area contributed by atoms with Crippen LogP contribution in [0.3, 0.4) is 0 Å². The number of nitro benzene ring substituents is 1. The number of rotatable bonds is 6. The van der Waals surface area contributed by atoms with Crippen molar-refractivity contribution in [1.82, 2.24) is 9.88 Å². The number of urea groups is 1. The van der Waals surface area contributed by atoms with Gasteiger partial charge in [-0.3, -0.25) is 10.1 Å². The summed E-state index contributed by atoms with van der Waals surface area (Å²) in [6.45, 7) is 7.81. The van der Waals surface area contributed by atoms with Crippen molar-refractivity contribution >= 4 is 34.7 Å². The standard InChI is InChI=1S/C18H22N4O5S/c1-5-27-16(23)14-11-28-15(20-14)10-21(18(2,3)4)17(24)19-12-6-8-13(9-7-12)22(25)26/h6-9,11H,5,10H2,1-4H3,(H,19,24). The van der Waals surface area contributed by atoms with Crippen LogP contribution in [0.1, 0.15) is 43.2 Å². The molecule has 2 aromatic rings. The third-order valence-electron chi connectivity index (χ3n) is 3.71. The molecule has 0 aliphatic rings. The Hall–Kier alpha value is -3.01. The van der Waals surface area contributed by atoms with Crippen molar-refractivity contribution in [2.75, 3.05) is 11.9 Å². The molecule has 0 atom stereocenters. The second kappa shape index (κ2) is 8.79. The van der Waals surface area contributed by atoms with Crippen LogP contribution in [0.4, 0.5) is 16.2 Å². The number of anilines is 1. The highest BCUT2D eigenvalue weighted by molar-refractivity contribution is 7.09. The molecule has 0 saturated carbocycles. The Labute approximate surface area is 166 Å². The Bertz CT molecular complexity index is 858. The first-order chi connectivity index (χ1) is 13.1. The second-order valence-corrected chi connectivity index (χ2v) is 7.78. The van der Waals surface area contributed by atoms with E-state index in [1.54, 1.807) is 17.2 Å². The molecule has 0 fully saturated rings. The topological polar surface area (TPSA) is 115 Å². The maximum Gasteiger partial charge on any atom is 0.357 e. The quantitative estimate of drug-likeness (QED) is 0.439. The number of thiazole rings is 1. The summed E-state index contributed by atoms with van der Waals surface area (Å²) in [5, 5.41) is 15.7. The van der Waals surface area contributed by atoms with Crippen molar-refractivity contribution in [3.05, 3.63) is 50.5 Å². The van der Waals surface area contributed by atoms with Crippen molar-refractivity contribution < 1.29 is 19.2 Å². The van der Waals surface area contributed by atoms with Crippen LogP contribution < -0.4 is 5.32 Å². The Balaban J connectivity index is 2.14. The largest absolute Gasteiger partial charge is 0.461 e. The van der Waals surface area contributed by atoms with E-state index >= 15 is 0 Å². The molecular formula is C18H22N4O5S. The lowest BCUT2D eigenvalue weighted by Crippen LogP contribution is -2.47. The van der Waals surface area contributed by atoms with Gasteiger partial charge in [-0.15, -0.1) is 11.3 Å². The Morgan fingerprint density at radius 3 is 2.46 bits per heavy atom. The summed E-state index contributed by atoms with van der Waals surface area (Å²) >= 11 is 1.27. The van der Waals surface area contributed by atoms with Crippen LogP contribution in [0.15, 0.2) is 29.6 Å². The zero-order valence-corrected chi connectivity index (χ0v) is 16.9. The van der Waals surface area contributed by atoms with Gasteiger partial charge in [-0.2, -0.15) is 0 Å². The van der Waals surface area contributed by atoms with Gasteiger partial charge in [0.25, 0.3) is 5.69 Å². The maximum absolute atomic E-state index is 12.8. The molecular weight excluding hydrogens is 384 g/mol. The van der Waals surface area contributed by atoms with Crippen LogP contribution in [-0.2, 0) is 11.3 Å². The summed E-state index contributed by atoms with van der Waals surface area (Å²) < 4.78 is 4.93. The van der Waals surface area contributed by atoms with Gasteiger partial charge >= 0.3 is 12.0 Å². The first-order valence-electron chi connectivity index (χ1n) is 8.56. The fourth-order valence-electron chi connectivity index (χ4n) is 2.29. The third-order valence-corrected chi connectivity index (χ3v) is 4.55. The van der Waals surface area contributed by atoms with E-state index in [1.165, 1.54) is 35.6 Å². The first-order valence-corrected chi connectivity index (χ1v) is 9.44. The molecule has 0 unspecified atom stereocenters. The second-order valence-electron chi connectivity index (χ2n) is 6.84. The smallest absolute Gasteiger partial charge is 0.357 e. The molecule has 1 N–H and O–H groups in total. The molecule has 1 heterocycles. The minimum Gasteiger partial charge on any atom is -0.461 e. The summed E-state index contributed by atoms with van der Waals surface area (Å²) in [4.78, 5) is 40.6. The van der Waals surface area contributed by atoms with Crippen molar-refractivity contribution in [1.29, 1.82) is 0 Å². The molecule has 0 bridgehead atoms. The Kier molecular flexibility index (Phi) is 6.68. The number of amides is 2. The molecule has 0 spiro atoms. The average molecular weight is 406 g/mol. The number of nitrogens with one attached hydrogen (secondary N) is 1. The molecule has 2 amide bonds. The minimum atomic E-state index is -0.527. The van der Waals surface area contributed by atoms with E-state index in [9.17, 15) is 19.7 Å². The number of esters is 1. The normalized spacial score (nSPS) is 11.0. The molecule has 9 nitrogen and oxygen atoms in total. The van der Waals surface area contributed by atoms with Gasteiger partial charge in [-0.05, 0) is 39.8 Å². The van der Waals surface area contributed by atoms with E-state index in [-0.39, 0.29) is 30.6 Å². The summed E-state index contributed by atoms with van der Waals surface area (Å²) in [5.74, 6) is -0.498. The van der Waals surface area contributed by atoms with Crippen LogP contribution >= 0.6 is 11.3 Å². The predicted octanol–water partition coefficient (Wildman–Crippen LogP) is 4.06. The fourth-order valence-corrected chi connectivity index (χ4v) is 3.04. The number of aromatic nitrogens is 1. The van der Waals surface area contributed by atoms with E-state index in [0.29, 0.717) is 10.7 Å². The maximum atomic E-state index is 12.8. The van der Waals surface area contributed by atoms with Crippen LogP contribution in [0.2, 0.25) is 0 Å². The fraction of sp³-hybridized carbons (Fsp3) is 0.389. The summed E-state index contributed by atoms with van der Waals surface area (Å²) in [5.41, 5.74) is 0.0725. The van der Waals surface area contributed by atoms with Gasteiger partial charge in [0.2, 0.25) is 0 Å². The highest BCUT2D eigenvalue weighted by Gasteiger charge is 2.28. The number of hydrogen-bond donors (Lipinski definition) is 1. The van der Waals surface area contributed by atoms with Crippen molar-refractivity contribution in [2.24, 2.45) is 0 Å². The van der Waals surface area contributed by atoms with Crippen LogP contribution in [0, 0.1) is 10.1 Å². The lowest BCUT2D eigenvalue weighted by molar-refractivity contribution is -0.384. The highest BCUT2D eigenvalue weighted by atomic mass is 32.1. The van der Waals surface area contributed by atoms with Crippen LogP contribution in [-0.4, -0.2) is 39.0 Å². The molecule has 2 rings (SSSR count). The summed E-state index contributed by atoms with van der Waals surface area (Å²) in [7, 11) is 0. The number of benzene rings is 1. The number of non-ortho nitro benzene ring substituents is 1. The van der Waals surface area contributed by atoms with E-state index in [4.69, 9.17) is 4.74 Å². The molecule has 0 saturated heterocycles. The number of ether oxygens (including phenoxy) is 1. The first kappa shape index (κ1) is 21.3. The number of nitro groups is 1. The number of nitrogens with zero attached hydrogens (tertiary/aromatic N) is 3. The molecule has 10 heteroatoms. The monoisotopic (exact) mass is 406 g/mol. The minimum absolute atomic E-state index is 0.0556. The highest BCUT2D eigenvalue weighted by Crippen LogP contribution is 2.22. The number of hydrogen-bond acceptors (Lipinski definition) is 7. The molecule has 1 aromatic heterocycles. The van der Waals surface area contributed by atoms with E-state index in [0.717, 1.165) is 0 Å². The van der Waals surface area contributed by atoms with Crippen molar-refractivity contribution in [3.63, 3.8) is 0 Å². The van der Waals surface area contributed by atoms with Crippen LogP contribution in [0.5, 0.6) is 0 Å². The lowest BCUT2D eigenvalue weighted by Gasteiger charge is -2.35. The third kappa shape index (κ3) is 5.49. The Morgan fingerprint density at radius 1 is 1.29 bits per heavy atom. The SMILES string of the molecule is CCOC(=O)c1csc(CN(C(=O)Nc2ccc([N+](=O)[O-])cc2)C(C)(C)C)n1. The van der Waals surface area contributed by atoms with Crippen molar-refractivity contribution in [2.45, 2.75) is 39.8 Å². The molecule has 0 aliphatic carbocycles. The van der Waals surface area contributed by atoms with Gasteiger partial charge in [0.15, 0.2) is 5.69 Å². The zero-order chi connectivity index (χ0) is 20.9. The summed E-state index contributed by atoms with van der Waals surface area (Å²) in [6.07, 6.45) is 0. The Morgan fingerprint density at radius 2 is 1.93 bits per heavy atom. The van der Waals surface area contributed by atoms with Gasteiger partial charge in [0, 0.05) is 28.7 Å². The summed E-state index contributed by atoms with van der Waals surface area (Å²) in [6, 6.07) is 5.21. The predicted molar refractivity (Wildman–Crippen MR) is 105 cm³/mol. The number of carbonyl (C=O) groups excluding carboxylic acids is 2. The van der Waals surface area contributed by atoms with Crippen LogP contribution in [0.25, 0.3) is 0 Å². The van der Waals surface area contributed by atoms with E-state index < -0.39 is 16.4 Å². The molecule has 0 aliphatic heterocycles. The zero-order valence-electron chi connectivity index (χ0n) is 16.1. The molecule has 1 aromatic carbocycles. The molecule has 28 heavy (non-hydrogen) atoms. The van der Waals surface area contributed by atoms with Crippen molar-refractivity contribution in [3.8, 4) is 0 Å². The van der Waals surface area contributed by atoms with Gasteiger partial charge in [-0.1, -0.05) is 0 Å². The van der Waals surface area contributed by atoms with E-state index in [2.05, 4.69) is 10.3 Å². The van der Waals surface area contributed by atoms with Gasteiger partial charge < -0.3 is 15.0 Å². The van der Waals surface area contributed by atoms with Gasteiger partial charge in [0.05, 0.1) is 18.1 Å². The lowest BCUT2D eigenvalue weighted by atomic mass is 10.1.